The van der Waals surface area contributed by atoms with Crippen molar-refractivity contribution >= 4 is 40.7 Å². The Balaban J connectivity index is 1.19. The maximum atomic E-state index is 13.3. The number of aromatic nitrogens is 2. The monoisotopic (exact) mass is 555 g/mol. The van der Waals surface area contributed by atoms with E-state index in [2.05, 4.69) is 5.32 Å². The van der Waals surface area contributed by atoms with Crippen molar-refractivity contribution in [2.24, 2.45) is 29.6 Å². The average molecular weight is 557 g/mol. The molecule has 194 valence electrons. The number of nitrogens with zero attached hydrogens (tertiary/aromatic N) is 2. The van der Waals surface area contributed by atoms with Crippen molar-refractivity contribution in [3.8, 4) is 16.9 Å². The topological polar surface area (TPSA) is 46.9 Å². The summed E-state index contributed by atoms with van der Waals surface area (Å²) in [5.74, 6) is 4.56. The number of hydrogen-bond donors (Lipinski definition) is 1. The molecule has 4 nitrogen and oxygen atoms in total. The van der Waals surface area contributed by atoms with Crippen molar-refractivity contribution < 1.29 is 4.79 Å². The molecule has 0 spiro atoms. The van der Waals surface area contributed by atoms with Gasteiger partial charge >= 0.3 is 0 Å². The van der Waals surface area contributed by atoms with Crippen LogP contribution in [0.5, 0.6) is 0 Å². The summed E-state index contributed by atoms with van der Waals surface area (Å²) >= 11 is 18.7. The van der Waals surface area contributed by atoms with E-state index >= 15 is 0 Å². The van der Waals surface area contributed by atoms with Crippen LogP contribution in [0.15, 0.2) is 42.5 Å². The molecule has 0 radical (unpaired) electrons. The molecule has 2 aromatic carbocycles. The zero-order chi connectivity index (χ0) is 25.7. The Morgan fingerprint density at radius 2 is 1.54 bits per heavy atom. The lowest BCUT2D eigenvalue weighted by atomic mass is 9.51. The van der Waals surface area contributed by atoms with Crippen LogP contribution in [-0.4, -0.2) is 22.2 Å². The summed E-state index contributed by atoms with van der Waals surface area (Å²) in [5, 5.41) is 9.56. The number of hydrogen-bond acceptors (Lipinski definition) is 2. The minimum atomic E-state index is -0.148. The van der Waals surface area contributed by atoms with Crippen molar-refractivity contribution in [1.82, 2.24) is 15.1 Å². The predicted molar refractivity (Wildman–Crippen MR) is 151 cm³/mol. The Morgan fingerprint density at radius 1 is 0.919 bits per heavy atom. The van der Waals surface area contributed by atoms with Gasteiger partial charge in [0.1, 0.15) is 0 Å². The van der Waals surface area contributed by atoms with Crippen LogP contribution in [0.4, 0.5) is 0 Å². The number of halogens is 3. The van der Waals surface area contributed by atoms with E-state index in [1.165, 1.54) is 38.5 Å². The van der Waals surface area contributed by atoms with E-state index in [1.807, 2.05) is 31.2 Å². The van der Waals surface area contributed by atoms with Crippen LogP contribution >= 0.6 is 34.8 Å². The SMILES string of the molecule is Cc1c(C(=O)NCCCC2C3CC4CC(C3)CC2C4)nn(-c2cc(Cl)cc(Cl)c2)c1-c1ccc(Cl)cc1. The minimum absolute atomic E-state index is 0.148. The third-order valence-electron chi connectivity index (χ3n) is 8.97. The first-order valence-corrected chi connectivity index (χ1v) is 14.6. The minimum Gasteiger partial charge on any atom is -0.351 e. The van der Waals surface area contributed by atoms with Crippen LogP contribution < -0.4 is 5.32 Å². The quantitative estimate of drug-likeness (QED) is 0.297. The van der Waals surface area contributed by atoms with Gasteiger partial charge in [0.25, 0.3) is 5.91 Å². The second-order valence-corrected chi connectivity index (χ2v) is 12.7. The first kappa shape index (κ1) is 25.3. The number of rotatable bonds is 7. The van der Waals surface area contributed by atoms with E-state index in [9.17, 15) is 4.79 Å². The summed E-state index contributed by atoms with van der Waals surface area (Å²) in [6, 6.07) is 12.8. The van der Waals surface area contributed by atoms with Gasteiger partial charge in [0.15, 0.2) is 5.69 Å². The van der Waals surface area contributed by atoms with Gasteiger partial charge in [0.2, 0.25) is 0 Å². The second kappa shape index (κ2) is 10.3. The van der Waals surface area contributed by atoms with Gasteiger partial charge in [-0.25, -0.2) is 4.68 Å². The van der Waals surface area contributed by atoms with Gasteiger partial charge in [-0.1, -0.05) is 46.9 Å². The van der Waals surface area contributed by atoms with Crippen molar-refractivity contribution in [2.45, 2.75) is 51.9 Å². The third-order valence-corrected chi connectivity index (χ3v) is 9.66. The summed E-state index contributed by atoms with van der Waals surface area (Å²) in [6.45, 7) is 2.61. The zero-order valence-electron chi connectivity index (χ0n) is 21.0. The molecule has 4 saturated carbocycles. The molecular formula is C30H32Cl3N3O. The van der Waals surface area contributed by atoms with Gasteiger partial charge in [0.05, 0.1) is 11.4 Å². The molecular weight excluding hydrogens is 525 g/mol. The van der Waals surface area contributed by atoms with Crippen LogP contribution in [0, 0.1) is 36.5 Å². The fourth-order valence-electron chi connectivity index (χ4n) is 7.64. The van der Waals surface area contributed by atoms with E-state index in [1.54, 1.807) is 22.9 Å². The number of benzene rings is 2. The summed E-state index contributed by atoms with van der Waals surface area (Å²) in [7, 11) is 0. The molecule has 0 aliphatic heterocycles. The first-order valence-electron chi connectivity index (χ1n) is 13.5. The molecule has 7 rings (SSSR count). The highest BCUT2D eigenvalue weighted by Crippen LogP contribution is 2.57. The Morgan fingerprint density at radius 3 is 2.16 bits per heavy atom. The van der Waals surface area contributed by atoms with Gasteiger partial charge in [-0.3, -0.25) is 4.79 Å². The lowest BCUT2D eigenvalue weighted by Crippen LogP contribution is -2.45. The standard InChI is InChI=1S/C30H32Cl3N3O/c1-17-28(30(37)34-8-2-3-27-21-10-18-9-19(12-21)13-22(27)11-18)35-36(26-15-24(32)14-25(33)16-26)29(17)20-4-6-23(31)7-5-20/h4-7,14-16,18-19,21-22,27H,2-3,8-13H2,1H3,(H,34,37). The largest absolute Gasteiger partial charge is 0.351 e. The second-order valence-electron chi connectivity index (χ2n) is 11.4. The highest BCUT2D eigenvalue weighted by molar-refractivity contribution is 6.34. The molecule has 0 unspecified atom stereocenters. The average Bonchev–Trinajstić information content (AvgIpc) is 3.19. The van der Waals surface area contributed by atoms with E-state index in [4.69, 9.17) is 39.9 Å². The van der Waals surface area contributed by atoms with Crippen molar-refractivity contribution in [1.29, 1.82) is 0 Å². The highest BCUT2D eigenvalue weighted by Gasteiger charge is 2.47. The number of carbonyl (C=O) groups excluding carboxylic acids is 1. The molecule has 7 heteroatoms. The molecule has 1 aromatic heterocycles. The molecule has 4 aliphatic rings. The van der Waals surface area contributed by atoms with Crippen molar-refractivity contribution in [3.63, 3.8) is 0 Å². The molecule has 4 fully saturated rings. The molecule has 1 N–H and O–H groups in total. The fourth-order valence-corrected chi connectivity index (χ4v) is 8.28. The lowest BCUT2D eigenvalue weighted by molar-refractivity contribution is -0.0401. The van der Waals surface area contributed by atoms with E-state index in [0.717, 1.165) is 52.8 Å². The lowest BCUT2D eigenvalue weighted by Gasteiger charge is -2.54. The Labute approximate surface area is 233 Å². The number of carbonyl (C=O) groups is 1. The molecule has 4 aliphatic carbocycles. The molecule has 1 heterocycles. The molecule has 0 atom stereocenters. The van der Waals surface area contributed by atoms with Gasteiger partial charge < -0.3 is 5.32 Å². The Hall–Kier alpha value is -2.01. The molecule has 3 aromatic rings. The molecule has 4 bridgehead atoms. The normalized spacial score (nSPS) is 26.0. The van der Waals surface area contributed by atoms with E-state index in [0.29, 0.717) is 33.0 Å². The fraction of sp³-hybridized carbons (Fsp3) is 0.467. The van der Waals surface area contributed by atoms with Gasteiger partial charge in [-0.2, -0.15) is 5.10 Å². The number of nitrogens with one attached hydrogen (secondary N) is 1. The predicted octanol–water partition coefficient (Wildman–Crippen LogP) is 8.39. The highest BCUT2D eigenvalue weighted by atomic mass is 35.5. The van der Waals surface area contributed by atoms with Crippen LogP contribution in [0.1, 0.15) is 61.0 Å². The van der Waals surface area contributed by atoms with E-state index < -0.39 is 0 Å². The molecule has 0 saturated heterocycles. The van der Waals surface area contributed by atoms with Gasteiger partial charge in [-0.15, -0.1) is 0 Å². The van der Waals surface area contributed by atoms with Crippen LogP contribution in [0.3, 0.4) is 0 Å². The maximum Gasteiger partial charge on any atom is 0.272 e. The summed E-state index contributed by atoms with van der Waals surface area (Å²) in [6.07, 6.45) is 9.51. The summed E-state index contributed by atoms with van der Waals surface area (Å²) < 4.78 is 1.75. The van der Waals surface area contributed by atoms with Crippen molar-refractivity contribution in [2.75, 3.05) is 6.54 Å². The third kappa shape index (κ3) is 5.05. The van der Waals surface area contributed by atoms with Gasteiger partial charge in [0, 0.05) is 32.7 Å². The van der Waals surface area contributed by atoms with E-state index in [-0.39, 0.29) is 5.91 Å². The molecule has 37 heavy (non-hydrogen) atoms. The zero-order valence-corrected chi connectivity index (χ0v) is 23.3. The van der Waals surface area contributed by atoms with Crippen molar-refractivity contribution in [3.05, 3.63) is 68.8 Å². The van der Waals surface area contributed by atoms with Crippen LogP contribution in [-0.2, 0) is 0 Å². The number of amides is 1. The summed E-state index contributed by atoms with van der Waals surface area (Å²) in [5.41, 5.74) is 3.64. The molecule has 1 amide bonds. The first-order chi connectivity index (χ1) is 17.9. The Bertz CT molecular complexity index is 1270. The Kier molecular flexibility index (Phi) is 7.02. The summed E-state index contributed by atoms with van der Waals surface area (Å²) in [4.78, 5) is 13.3. The maximum absolute atomic E-state index is 13.3. The van der Waals surface area contributed by atoms with Gasteiger partial charge in [-0.05, 0) is 112 Å². The van der Waals surface area contributed by atoms with Crippen LogP contribution in [0.25, 0.3) is 16.9 Å². The smallest absolute Gasteiger partial charge is 0.272 e. The van der Waals surface area contributed by atoms with Crippen LogP contribution in [0.2, 0.25) is 15.1 Å².